The van der Waals surface area contributed by atoms with Crippen LogP contribution >= 0.6 is 11.8 Å². The van der Waals surface area contributed by atoms with Crippen molar-refractivity contribution in [1.82, 2.24) is 5.32 Å². The van der Waals surface area contributed by atoms with E-state index in [-0.39, 0.29) is 6.54 Å². The van der Waals surface area contributed by atoms with Crippen LogP contribution in [0.25, 0.3) is 0 Å². The molecule has 1 atom stereocenters. The Morgan fingerprint density at radius 3 is 2.68 bits per heavy atom. The first-order chi connectivity index (χ1) is 10.2. The number of alkyl halides is 3. The molecule has 0 aliphatic carbocycles. The number of aliphatic hydroxyl groups excluding tert-OH is 1. The molecule has 1 aromatic carbocycles. The summed E-state index contributed by atoms with van der Waals surface area (Å²) in [5.41, 5.74) is 1.17. The number of urea groups is 1. The van der Waals surface area contributed by atoms with Crippen LogP contribution in [-0.4, -0.2) is 35.7 Å². The maximum atomic E-state index is 12.3. The zero-order valence-corrected chi connectivity index (χ0v) is 13.1. The number of anilines is 1. The number of amides is 2. The van der Waals surface area contributed by atoms with E-state index in [1.54, 1.807) is 32.0 Å². The second-order valence-electron chi connectivity index (χ2n) is 4.92. The van der Waals surface area contributed by atoms with Crippen molar-refractivity contribution >= 4 is 23.5 Å². The highest BCUT2D eigenvalue weighted by atomic mass is 32.2. The number of hydrogen-bond acceptors (Lipinski definition) is 3. The highest BCUT2D eigenvalue weighted by molar-refractivity contribution is 7.99. The minimum absolute atomic E-state index is 0.278. The van der Waals surface area contributed by atoms with Gasteiger partial charge in [-0.2, -0.15) is 13.2 Å². The largest absolute Gasteiger partial charge is 0.398 e. The molecule has 4 nitrogen and oxygen atoms in total. The SMILES string of the molecule is Cc1ccc(SCC(F)(F)F)c(NC(=O)NCCC(C)O)c1. The van der Waals surface area contributed by atoms with Crippen molar-refractivity contribution in [3.05, 3.63) is 23.8 Å². The van der Waals surface area contributed by atoms with Gasteiger partial charge in [0.15, 0.2) is 0 Å². The van der Waals surface area contributed by atoms with E-state index < -0.39 is 24.1 Å². The summed E-state index contributed by atoms with van der Waals surface area (Å²) in [5.74, 6) is -1.02. The molecule has 0 aromatic heterocycles. The van der Waals surface area contributed by atoms with Crippen LogP contribution in [0.2, 0.25) is 0 Å². The molecule has 0 fully saturated rings. The van der Waals surface area contributed by atoms with Gasteiger partial charge >= 0.3 is 12.2 Å². The number of thioether (sulfide) groups is 1. The van der Waals surface area contributed by atoms with Gasteiger partial charge in [0.25, 0.3) is 0 Å². The highest BCUT2D eigenvalue weighted by Crippen LogP contribution is 2.32. The van der Waals surface area contributed by atoms with Gasteiger partial charge in [0.2, 0.25) is 0 Å². The maximum Gasteiger partial charge on any atom is 0.398 e. The normalized spacial score (nSPS) is 12.8. The fourth-order valence-electron chi connectivity index (χ4n) is 1.59. The molecule has 124 valence electrons. The first-order valence-electron chi connectivity index (χ1n) is 6.70. The highest BCUT2D eigenvalue weighted by Gasteiger charge is 2.27. The van der Waals surface area contributed by atoms with Gasteiger partial charge in [-0.1, -0.05) is 6.07 Å². The van der Waals surface area contributed by atoms with Crippen molar-refractivity contribution in [2.45, 2.75) is 37.4 Å². The van der Waals surface area contributed by atoms with Crippen molar-refractivity contribution in [3.63, 3.8) is 0 Å². The molecule has 0 saturated carbocycles. The van der Waals surface area contributed by atoms with Crippen LogP contribution in [0, 0.1) is 6.92 Å². The summed E-state index contributed by atoms with van der Waals surface area (Å²) in [6.45, 7) is 3.67. The zero-order valence-electron chi connectivity index (χ0n) is 12.3. The molecule has 0 spiro atoms. The molecule has 8 heteroatoms. The van der Waals surface area contributed by atoms with Gasteiger partial charge < -0.3 is 15.7 Å². The molecule has 1 aromatic rings. The lowest BCUT2D eigenvalue weighted by molar-refractivity contribution is -0.105. The minimum Gasteiger partial charge on any atom is -0.393 e. The molecule has 1 rings (SSSR count). The summed E-state index contributed by atoms with van der Waals surface area (Å²) in [6, 6.07) is 4.35. The lowest BCUT2D eigenvalue weighted by Gasteiger charge is -2.14. The van der Waals surface area contributed by atoms with Crippen LogP contribution in [0.3, 0.4) is 0 Å². The Bertz CT molecular complexity index is 507. The Hall–Kier alpha value is -1.41. The summed E-state index contributed by atoms with van der Waals surface area (Å²) in [5, 5.41) is 14.2. The van der Waals surface area contributed by atoms with Gasteiger partial charge in [0.1, 0.15) is 0 Å². The molecule has 0 heterocycles. The van der Waals surface area contributed by atoms with Crippen LogP contribution in [0.15, 0.2) is 23.1 Å². The lowest BCUT2D eigenvalue weighted by atomic mass is 10.2. The third-order valence-corrected chi connectivity index (χ3v) is 3.76. The van der Waals surface area contributed by atoms with Gasteiger partial charge in [-0.15, -0.1) is 11.8 Å². The molecule has 0 saturated heterocycles. The third kappa shape index (κ3) is 7.56. The quantitative estimate of drug-likeness (QED) is 0.696. The number of aliphatic hydroxyl groups is 1. The standard InChI is InChI=1S/C14H19F3N2O2S/c1-9-3-4-12(22-8-14(15,16)17)11(7-9)19-13(21)18-6-5-10(2)20/h3-4,7,10,20H,5-6,8H2,1-2H3,(H2,18,19,21). The first-order valence-corrected chi connectivity index (χ1v) is 7.69. The van der Waals surface area contributed by atoms with Gasteiger partial charge in [0.05, 0.1) is 17.5 Å². The van der Waals surface area contributed by atoms with E-state index in [4.69, 9.17) is 5.11 Å². The third-order valence-electron chi connectivity index (χ3n) is 2.62. The number of aryl methyl sites for hydroxylation is 1. The number of carbonyl (C=O) groups is 1. The first kappa shape index (κ1) is 18.6. The van der Waals surface area contributed by atoms with E-state index >= 15 is 0 Å². The second kappa shape index (κ2) is 8.28. The van der Waals surface area contributed by atoms with Crippen LogP contribution < -0.4 is 10.6 Å². The molecule has 0 aliphatic heterocycles. The van der Waals surface area contributed by atoms with E-state index in [1.807, 2.05) is 0 Å². The van der Waals surface area contributed by atoms with E-state index in [9.17, 15) is 18.0 Å². The lowest BCUT2D eigenvalue weighted by Crippen LogP contribution is -2.31. The fourth-order valence-corrected chi connectivity index (χ4v) is 2.34. The molecule has 22 heavy (non-hydrogen) atoms. The molecular formula is C14H19F3N2O2S. The van der Waals surface area contributed by atoms with Gasteiger partial charge in [0, 0.05) is 11.4 Å². The van der Waals surface area contributed by atoms with Gasteiger partial charge in [-0.25, -0.2) is 4.79 Å². The number of hydrogen-bond donors (Lipinski definition) is 3. The number of carbonyl (C=O) groups excluding carboxylic acids is 1. The number of rotatable bonds is 6. The van der Waals surface area contributed by atoms with Crippen molar-refractivity contribution in [3.8, 4) is 0 Å². The number of halogens is 3. The van der Waals surface area contributed by atoms with Crippen LogP contribution in [0.5, 0.6) is 0 Å². The summed E-state index contributed by atoms with van der Waals surface area (Å²) in [6.07, 6.45) is -4.40. The fraction of sp³-hybridized carbons (Fsp3) is 0.500. The molecule has 0 aliphatic rings. The van der Waals surface area contributed by atoms with Crippen LogP contribution in [0.1, 0.15) is 18.9 Å². The number of benzene rings is 1. The van der Waals surface area contributed by atoms with Crippen LogP contribution in [0.4, 0.5) is 23.7 Å². The zero-order chi connectivity index (χ0) is 16.8. The van der Waals surface area contributed by atoms with E-state index in [0.717, 1.165) is 5.56 Å². The molecule has 2 amide bonds. The monoisotopic (exact) mass is 336 g/mol. The Morgan fingerprint density at radius 2 is 2.09 bits per heavy atom. The average molecular weight is 336 g/mol. The smallest absolute Gasteiger partial charge is 0.393 e. The van der Waals surface area contributed by atoms with Crippen molar-refractivity contribution in [2.75, 3.05) is 17.6 Å². The molecular weight excluding hydrogens is 317 g/mol. The van der Waals surface area contributed by atoms with Crippen molar-refractivity contribution < 1.29 is 23.1 Å². The average Bonchev–Trinajstić information content (AvgIpc) is 2.36. The molecule has 0 radical (unpaired) electrons. The molecule has 0 bridgehead atoms. The van der Waals surface area contributed by atoms with Crippen molar-refractivity contribution in [2.24, 2.45) is 0 Å². The Balaban J connectivity index is 2.67. The minimum atomic E-state index is -4.27. The molecule has 3 N–H and O–H groups in total. The Kier molecular flexibility index (Phi) is 7.02. The van der Waals surface area contributed by atoms with Crippen LogP contribution in [-0.2, 0) is 0 Å². The number of nitrogens with one attached hydrogen (secondary N) is 2. The predicted molar refractivity (Wildman–Crippen MR) is 81.3 cm³/mol. The maximum absolute atomic E-state index is 12.3. The van der Waals surface area contributed by atoms with E-state index in [1.165, 1.54) is 0 Å². The summed E-state index contributed by atoms with van der Waals surface area (Å²) in [7, 11) is 0. The summed E-state index contributed by atoms with van der Waals surface area (Å²) >= 11 is 0.626. The Labute approximate surface area is 131 Å². The molecule has 1 unspecified atom stereocenters. The summed E-state index contributed by atoms with van der Waals surface area (Å²) < 4.78 is 36.9. The Morgan fingerprint density at radius 1 is 1.41 bits per heavy atom. The van der Waals surface area contributed by atoms with E-state index in [2.05, 4.69) is 10.6 Å². The van der Waals surface area contributed by atoms with Gasteiger partial charge in [-0.3, -0.25) is 0 Å². The second-order valence-corrected chi connectivity index (χ2v) is 5.94. The topological polar surface area (TPSA) is 61.4 Å². The van der Waals surface area contributed by atoms with E-state index in [0.29, 0.717) is 28.8 Å². The summed E-state index contributed by atoms with van der Waals surface area (Å²) in [4.78, 5) is 12.1. The van der Waals surface area contributed by atoms with Gasteiger partial charge in [-0.05, 0) is 38.0 Å². The van der Waals surface area contributed by atoms with Crippen molar-refractivity contribution in [1.29, 1.82) is 0 Å². The predicted octanol–water partition coefficient (Wildman–Crippen LogP) is 3.54.